The summed E-state index contributed by atoms with van der Waals surface area (Å²) in [7, 11) is 0. The van der Waals surface area contributed by atoms with Crippen LogP contribution in [0.15, 0.2) is 35.3 Å². The first kappa shape index (κ1) is 27.6. The van der Waals surface area contributed by atoms with Gasteiger partial charge in [-0.25, -0.2) is 4.98 Å². The van der Waals surface area contributed by atoms with E-state index in [2.05, 4.69) is 33.1 Å². The largest absolute Gasteiger partial charge is 0.459 e. The molecule has 1 aromatic carbocycles. The first-order valence-corrected chi connectivity index (χ1v) is 14.0. The summed E-state index contributed by atoms with van der Waals surface area (Å²) in [5.74, 6) is 1.11. The van der Waals surface area contributed by atoms with Crippen molar-refractivity contribution in [2.45, 2.75) is 72.2 Å². The van der Waals surface area contributed by atoms with E-state index in [0.717, 1.165) is 67.0 Å². The van der Waals surface area contributed by atoms with Gasteiger partial charge in [0.15, 0.2) is 0 Å². The lowest BCUT2D eigenvalue weighted by Crippen LogP contribution is -2.48. The minimum Gasteiger partial charge on any atom is -0.459 e. The second-order valence-electron chi connectivity index (χ2n) is 11.9. The molecule has 0 amide bonds. The predicted molar refractivity (Wildman–Crippen MR) is 149 cm³/mol. The topological polar surface area (TPSA) is 107 Å². The molecule has 2 fully saturated rings. The molecule has 9 nitrogen and oxygen atoms in total. The van der Waals surface area contributed by atoms with E-state index in [9.17, 15) is 9.59 Å². The van der Waals surface area contributed by atoms with Crippen LogP contribution in [0.2, 0.25) is 0 Å². The van der Waals surface area contributed by atoms with Crippen molar-refractivity contribution in [3.05, 3.63) is 51.9 Å². The number of ether oxygens (including phenoxy) is 3. The van der Waals surface area contributed by atoms with Crippen LogP contribution in [0, 0.1) is 18.3 Å². The van der Waals surface area contributed by atoms with Crippen molar-refractivity contribution >= 4 is 17.0 Å². The molecule has 4 heterocycles. The monoisotopic (exact) mass is 536 g/mol. The molecular weight excluding hydrogens is 496 g/mol. The maximum atomic E-state index is 13.0. The summed E-state index contributed by atoms with van der Waals surface area (Å²) in [5.41, 5.74) is 4.12. The molecule has 3 aromatic rings. The second kappa shape index (κ2) is 11.6. The molecule has 2 saturated heterocycles. The van der Waals surface area contributed by atoms with Gasteiger partial charge in [-0.3, -0.25) is 14.9 Å². The van der Waals surface area contributed by atoms with Crippen molar-refractivity contribution in [3.8, 4) is 11.4 Å². The standard InChI is InChI=1S/C30H40N4O5/c1-19-13-22(16-32-28(19)35)27-33-24-14-21(5-6-25(24)34(27)17-20-7-10-37-11-8-20)15-31-26(30(2,3)4)29(36)39-23-9-12-38-18-23/h5-6,13-14,16,20,23,26,31H,7-12,15,17-18H2,1-4H3,(H,32,35)/t23?,26-/m1/s1. The number of pyridine rings is 1. The maximum absolute atomic E-state index is 13.0. The van der Waals surface area contributed by atoms with Gasteiger partial charge >= 0.3 is 5.97 Å². The Morgan fingerprint density at radius 2 is 1.95 bits per heavy atom. The number of benzene rings is 1. The first-order valence-electron chi connectivity index (χ1n) is 14.0. The molecule has 0 radical (unpaired) electrons. The van der Waals surface area contributed by atoms with Crippen LogP contribution in [0.4, 0.5) is 0 Å². The molecule has 5 rings (SSSR count). The van der Waals surface area contributed by atoms with Crippen LogP contribution < -0.4 is 10.9 Å². The number of esters is 1. The number of aromatic nitrogens is 3. The van der Waals surface area contributed by atoms with Gasteiger partial charge in [-0.15, -0.1) is 0 Å². The van der Waals surface area contributed by atoms with Crippen LogP contribution in [-0.4, -0.2) is 59.1 Å². The number of nitrogens with zero attached hydrogens (tertiary/aromatic N) is 2. The average molecular weight is 537 g/mol. The Morgan fingerprint density at radius 3 is 2.64 bits per heavy atom. The third-order valence-electron chi connectivity index (χ3n) is 7.72. The van der Waals surface area contributed by atoms with E-state index in [1.807, 2.05) is 33.8 Å². The number of fused-ring (bicyclic) bond motifs is 1. The number of imidazole rings is 1. The average Bonchev–Trinajstić information content (AvgIpc) is 3.53. The van der Waals surface area contributed by atoms with Crippen LogP contribution in [-0.2, 0) is 32.1 Å². The minimum atomic E-state index is -0.459. The van der Waals surface area contributed by atoms with E-state index in [4.69, 9.17) is 19.2 Å². The molecule has 0 spiro atoms. The Morgan fingerprint density at radius 1 is 1.18 bits per heavy atom. The third-order valence-corrected chi connectivity index (χ3v) is 7.72. The van der Waals surface area contributed by atoms with E-state index in [1.54, 1.807) is 6.20 Å². The zero-order valence-electron chi connectivity index (χ0n) is 23.4. The quantitative estimate of drug-likeness (QED) is 0.420. The summed E-state index contributed by atoms with van der Waals surface area (Å²) < 4.78 is 19.0. The van der Waals surface area contributed by atoms with Gasteiger partial charge in [0.2, 0.25) is 0 Å². The van der Waals surface area contributed by atoms with Gasteiger partial charge in [0.1, 0.15) is 18.0 Å². The highest BCUT2D eigenvalue weighted by molar-refractivity contribution is 5.81. The van der Waals surface area contributed by atoms with Crippen molar-refractivity contribution < 1.29 is 19.0 Å². The van der Waals surface area contributed by atoms with E-state index < -0.39 is 6.04 Å². The van der Waals surface area contributed by atoms with Crippen molar-refractivity contribution in [3.63, 3.8) is 0 Å². The molecule has 0 aliphatic carbocycles. The highest BCUT2D eigenvalue weighted by Gasteiger charge is 2.34. The van der Waals surface area contributed by atoms with E-state index in [0.29, 0.717) is 31.2 Å². The molecule has 210 valence electrons. The van der Waals surface area contributed by atoms with Gasteiger partial charge in [-0.2, -0.15) is 0 Å². The van der Waals surface area contributed by atoms with Gasteiger partial charge in [0.25, 0.3) is 5.56 Å². The van der Waals surface area contributed by atoms with Gasteiger partial charge in [-0.1, -0.05) is 26.8 Å². The van der Waals surface area contributed by atoms with Crippen molar-refractivity contribution in [2.75, 3.05) is 26.4 Å². The van der Waals surface area contributed by atoms with Crippen LogP contribution in [0.5, 0.6) is 0 Å². The Bertz CT molecular complexity index is 1360. The van der Waals surface area contributed by atoms with Crippen LogP contribution in [0.3, 0.4) is 0 Å². The number of H-pyrrole nitrogens is 1. The number of nitrogens with one attached hydrogen (secondary N) is 2. The fourth-order valence-corrected chi connectivity index (χ4v) is 5.41. The molecule has 2 atom stereocenters. The SMILES string of the molecule is Cc1cc(-c2nc3cc(CN[C@H](C(=O)OC4CCOC4)C(C)(C)C)ccc3n2CC2CCOCC2)c[nH]c1=O. The highest BCUT2D eigenvalue weighted by atomic mass is 16.6. The zero-order chi connectivity index (χ0) is 27.6. The van der Waals surface area contributed by atoms with Gasteiger partial charge in [-0.05, 0) is 54.9 Å². The van der Waals surface area contributed by atoms with E-state index >= 15 is 0 Å². The van der Waals surface area contributed by atoms with E-state index in [1.165, 1.54) is 0 Å². The molecule has 0 saturated carbocycles. The second-order valence-corrected chi connectivity index (χ2v) is 11.9. The van der Waals surface area contributed by atoms with Crippen molar-refractivity contribution in [1.82, 2.24) is 19.9 Å². The molecule has 2 aromatic heterocycles. The number of aromatic amines is 1. The summed E-state index contributed by atoms with van der Waals surface area (Å²) in [6, 6.07) is 7.73. The Hall–Kier alpha value is -3.01. The molecule has 39 heavy (non-hydrogen) atoms. The molecule has 2 aliphatic rings. The zero-order valence-corrected chi connectivity index (χ0v) is 23.4. The van der Waals surface area contributed by atoms with Gasteiger partial charge < -0.3 is 23.8 Å². The number of hydrogen-bond donors (Lipinski definition) is 2. The normalized spacial score (nSPS) is 19.4. The number of hydrogen-bond acceptors (Lipinski definition) is 7. The fraction of sp³-hybridized carbons (Fsp3) is 0.567. The summed E-state index contributed by atoms with van der Waals surface area (Å²) >= 11 is 0. The maximum Gasteiger partial charge on any atom is 0.324 e. The highest BCUT2D eigenvalue weighted by Crippen LogP contribution is 2.29. The summed E-state index contributed by atoms with van der Waals surface area (Å²) in [5, 5.41) is 3.44. The smallest absolute Gasteiger partial charge is 0.324 e. The Balaban J connectivity index is 1.41. The number of rotatable bonds is 8. The number of aryl methyl sites for hydroxylation is 1. The van der Waals surface area contributed by atoms with Crippen LogP contribution in [0.1, 0.15) is 51.2 Å². The summed E-state index contributed by atoms with van der Waals surface area (Å²) in [6.45, 7) is 11.9. The molecular formula is C30H40N4O5. The summed E-state index contributed by atoms with van der Waals surface area (Å²) in [4.78, 5) is 32.9. The lowest BCUT2D eigenvalue weighted by atomic mass is 9.86. The Kier molecular flexibility index (Phi) is 8.21. The molecule has 1 unspecified atom stereocenters. The number of carbonyl (C=O) groups excluding carboxylic acids is 1. The number of carbonyl (C=O) groups is 1. The summed E-state index contributed by atoms with van der Waals surface area (Å²) in [6.07, 6.45) is 4.35. The molecule has 2 aliphatic heterocycles. The molecule has 9 heteroatoms. The minimum absolute atomic E-state index is 0.0911. The van der Waals surface area contributed by atoms with Crippen molar-refractivity contribution in [2.24, 2.45) is 11.3 Å². The van der Waals surface area contributed by atoms with Crippen LogP contribution in [0.25, 0.3) is 22.4 Å². The fourth-order valence-electron chi connectivity index (χ4n) is 5.41. The predicted octanol–water partition coefficient (Wildman–Crippen LogP) is 3.96. The lowest BCUT2D eigenvalue weighted by molar-refractivity contribution is -0.154. The molecule has 0 bridgehead atoms. The van der Waals surface area contributed by atoms with E-state index in [-0.39, 0.29) is 23.0 Å². The van der Waals surface area contributed by atoms with Gasteiger partial charge in [0.05, 0.1) is 24.2 Å². The lowest BCUT2D eigenvalue weighted by Gasteiger charge is -2.30. The first-order chi connectivity index (χ1) is 18.7. The van der Waals surface area contributed by atoms with Crippen molar-refractivity contribution in [1.29, 1.82) is 0 Å². The van der Waals surface area contributed by atoms with Crippen LogP contribution >= 0.6 is 0 Å². The molecule has 2 N–H and O–H groups in total. The van der Waals surface area contributed by atoms with Gasteiger partial charge in [0, 0.05) is 50.0 Å². The Labute approximate surface area is 229 Å². The third kappa shape index (κ3) is 6.42.